The summed E-state index contributed by atoms with van der Waals surface area (Å²) in [5.41, 5.74) is 0. The maximum atomic E-state index is 13.1. The number of allylic oxidation sites excluding steroid dienone is 4. The largest absolute Gasteiger partial charge is 0.462 e. The van der Waals surface area contributed by atoms with Crippen LogP contribution in [0.4, 0.5) is 0 Å². The fourth-order valence-electron chi connectivity index (χ4n) is 9.90. The first kappa shape index (κ1) is 70.1. The summed E-state index contributed by atoms with van der Waals surface area (Å²) in [7, 11) is 0. The van der Waals surface area contributed by atoms with Crippen LogP contribution in [0, 0.1) is 0 Å². The minimum absolute atomic E-state index is 0.159. The second kappa shape index (κ2) is 47.8. The summed E-state index contributed by atoms with van der Waals surface area (Å²) >= 11 is 0. The Labute approximate surface area is 460 Å². The van der Waals surface area contributed by atoms with Gasteiger partial charge in [0.05, 0.1) is 19.8 Å². The lowest BCUT2D eigenvalue weighted by molar-refractivity contribution is -0.332. The van der Waals surface area contributed by atoms with E-state index in [9.17, 15) is 45.3 Å². The minimum atomic E-state index is -1.76. The van der Waals surface area contributed by atoms with Crippen molar-refractivity contribution in [2.24, 2.45) is 0 Å². The van der Waals surface area contributed by atoms with E-state index in [1.54, 1.807) is 0 Å². The number of esters is 2. The molecule has 15 heteroatoms. The lowest BCUT2D eigenvalue weighted by Crippen LogP contribution is -2.61. The molecule has 0 aliphatic carbocycles. The third-order valence-corrected chi connectivity index (χ3v) is 14.9. The quantitative estimate of drug-likeness (QED) is 0.0171. The highest BCUT2D eigenvalue weighted by Gasteiger charge is 2.47. The van der Waals surface area contributed by atoms with Crippen LogP contribution >= 0.6 is 0 Å². The van der Waals surface area contributed by atoms with Crippen LogP contribution in [0.2, 0.25) is 0 Å². The van der Waals surface area contributed by atoms with Gasteiger partial charge in [0.1, 0.15) is 55.4 Å². The first-order valence-electron chi connectivity index (χ1n) is 30.9. The molecule has 11 atom stereocenters. The second-order valence-corrected chi connectivity index (χ2v) is 21.9. The first-order valence-corrected chi connectivity index (χ1v) is 30.9. The van der Waals surface area contributed by atoms with Gasteiger partial charge in [-0.25, -0.2) is 0 Å². The lowest BCUT2D eigenvalue weighted by Gasteiger charge is -2.42. The van der Waals surface area contributed by atoms with E-state index >= 15 is 0 Å². The van der Waals surface area contributed by atoms with Gasteiger partial charge in [-0.15, -0.1) is 0 Å². The van der Waals surface area contributed by atoms with Crippen molar-refractivity contribution in [3.05, 3.63) is 24.3 Å². The molecule has 0 radical (unpaired) electrons. The molecule has 0 spiro atoms. The van der Waals surface area contributed by atoms with Crippen molar-refractivity contribution in [2.75, 3.05) is 26.4 Å². The lowest BCUT2D eigenvalue weighted by atomic mass is 9.98. The van der Waals surface area contributed by atoms with Gasteiger partial charge in [0.2, 0.25) is 0 Å². The molecule has 2 aliphatic rings. The summed E-state index contributed by atoms with van der Waals surface area (Å²) in [6.45, 7) is 2.61. The van der Waals surface area contributed by atoms with Crippen molar-refractivity contribution in [3.63, 3.8) is 0 Å². The second-order valence-electron chi connectivity index (χ2n) is 21.9. The number of hydrogen-bond acceptors (Lipinski definition) is 15. The molecular formula is C61H112O15. The molecule has 2 fully saturated rings. The summed E-state index contributed by atoms with van der Waals surface area (Å²) in [4.78, 5) is 25.9. The van der Waals surface area contributed by atoms with Crippen molar-refractivity contribution in [1.29, 1.82) is 0 Å². The SMILES string of the molecule is CCCCC/C=C/C/C=C/CCCCCCCCCC(=O)O[C@@H](COC(=O)CCCCCCCCCCCCCCCCCCCCCCCCC)CO[C@@H]1O[C@H](CO[C@@H]2O[C@H](CO)[C@H](O)C(O)C2O)[C@H](O)C(O)C1O. The van der Waals surface area contributed by atoms with Crippen molar-refractivity contribution in [3.8, 4) is 0 Å². The standard InChI is InChI=1S/C61H112O15/c1-3-5-7-9-11-13-15-17-19-21-22-23-24-25-26-28-29-31-33-35-37-39-41-43-52(63)71-46-49(74-53(64)44-42-40-38-36-34-32-30-27-20-18-16-14-12-10-8-6-4-2)47-72-60-59(70)57(68)55(66)51(76-60)48-73-61-58(69)56(67)54(65)50(45-62)75-61/h12,14,18,20,49-51,54-62,65-70H,3-11,13,15-17,19,21-48H2,1-2H3/b14-12+,20-18+/t49-,50+,51+,54-,55-,56?,57?,58?,59?,60+,61+/m0/s1. The van der Waals surface area contributed by atoms with Crippen LogP contribution in [-0.2, 0) is 38.0 Å². The van der Waals surface area contributed by atoms with E-state index in [1.165, 1.54) is 154 Å². The number of rotatable bonds is 50. The number of ether oxygens (including phenoxy) is 6. The third kappa shape index (κ3) is 34.2. The number of hydrogen-bond donors (Lipinski definition) is 7. The predicted molar refractivity (Wildman–Crippen MR) is 298 cm³/mol. The Hall–Kier alpha value is -2.02. The number of carbonyl (C=O) groups is 2. The molecular weight excluding hydrogens is 973 g/mol. The summed E-state index contributed by atoms with van der Waals surface area (Å²) in [6, 6.07) is 0. The van der Waals surface area contributed by atoms with E-state index in [0.717, 1.165) is 64.2 Å². The number of aliphatic hydroxyl groups excluding tert-OH is 7. The average Bonchev–Trinajstić information content (AvgIpc) is 3.41. The average molecular weight is 1090 g/mol. The smallest absolute Gasteiger partial charge is 0.306 e. The molecule has 7 N–H and O–H groups in total. The zero-order chi connectivity index (χ0) is 55.3. The fourth-order valence-corrected chi connectivity index (χ4v) is 9.90. The highest BCUT2D eigenvalue weighted by molar-refractivity contribution is 5.70. The van der Waals surface area contributed by atoms with Gasteiger partial charge in [-0.05, 0) is 44.9 Å². The summed E-state index contributed by atoms with van der Waals surface area (Å²) in [5, 5.41) is 72.3. The van der Waals surface area contributed by atoms with E-state index in [4.69, 9.17) is 28.4 Å². The van der Waals surface area contributed by atoms with E-state index in [2.05, 4.69) is 38.2 Å². The Kier molecular flexibility index (Phi) is 44.0. The molecule has 0 aromatic carbocycles. The van der Waals surface area contributed by atoms with Crippen LogP contribution in [0.5, 0.6) is 0 Å². The van der Waals surface area contributed by atoms with Gasteiger partial charge in [0.15, 0.2) is 18.7 Å². The molecule has 0 aromatic heterocycles. The molecule has 2 aliphatic heterocycles. The van der Waals surface area contributed by atoms with Crippen molar-refractivity contribution in [1.82, 2.24) is 0 Å². The molecule has 4 unspecified atom stereocenters. The zero-order valence-corrected chi connectivity index (χ0v) is 47.8. The molecule has 2 saturated heterocycles. The Morgan fingerprint density at radius 2 is 0.789 bits per heavy atom. The van der Waals surface area contributed by atoms with Crippen LogP contribution in [-0.4, -0.2) is 142 Å². The Bertz CT molecular complexity index is 1410. The zero-order valence-electron chi connectivity index (χ0n) is 47.8. The fraction of sp³-hybridized carbons (Fsp3) is 0.902. The van der Waals surface area contributed by atoms with Gasteiger partial charge >= 0.3 is 11.9 Å². The Morgan fingerprint density at radius 3 is 1.25 bits per heavy atom. The van der Waals surface area contributed by atoms with Crippen LogP contribution < -0.4 is 0 Å². The van der Waals surface area contributed by atoms with Crippen LogP contribution in [0.15, 0.2) is 24.3 Å². The van der Waals surface area contributed by atoms with Crippen LogP contribution in [0.1, 0.15) is 258 Å². The summed E-state index contributed by atoms with van der Waals surface area (Å²) in [5.74, 6) is -0.919. The predicted octanol–water partition coefficient (Wildman–Crippen LogP) is 11.1. The molecule has 0 aromatic rings. The molecule has 2 heterocycles. The van der Waals surface area contributed by atoms with Gasteiger partial charge in [-0.1, -0.05) is 224 Å². The van der Waals surface area contributed by atoms with Gasteiger partial charge in [-0.2, -0.15) is 0 Å². The van der Waals surface area contributed by atoms with E-state index in [-0.39, 0.29) is 26.1 Å². The third-order valence-electron chi connectivity index (χ3n) is 14.9. The van der Waals surface area contributed by atoms with Crippen molar-refractivity contribution in [2.45, 2.75) is 325 Å². The number of carbonyl (C=O) groups excluding carboxylic acids is 2. The minimum Gasteiger partial charge on any atom is -0.462 e. The molecule has 0 bridgehead atoms. The maximum Gasteiger partial charge on any atom is 0.306 e. The van der Waals surface area contributed by atoms with Crippen LogP contribution in [0.3, 0.4) is 0 Å². The van der Waals surface area contributed by atoms with E-state index in [0.29, 0.717) is 12.8 Å². The first-order chi connectivity index (χ1) is 37.0. The molecule has 0 amide bonds. The van der Waals surface area contributed by atoms with Gasteiger partial charge in [-0.3, -0.25) is 9.59 Å². The topological polar surface area (TPSA) is 231 Å². The number of unbranched alkanes of at least 4 members (excludes halogenated alkanes) is 32. The summed E-state index contributed by atoms with van der Waals surface area (Å²) < 4.78 is 33.7. The summed E-state index contributed by atoms with van der Waals surface area (Å²) in [6.07, 6.45) is 36.3. The van der Waals surface area contributed by atoms with Gasteiger partial charge in [0, 0.05) is 12.8 Å². The Balaban J connectivity index is 1.71. The van der Waals surface area contributed by atoms with Gasteiger partial charge < -0.3 is 64.2 Å². The molecule has 0 saturated carbocycles. The Morgan fingerprint density at radius 1 is 0.421 bits per heavy atom. The van der Waals surface area contributed by atoms with Gasteiger partial charge in [0.25, 0.3) is 0 Å². The highest BCUT2D eigenvalue weighted by Crippen LogP contribution is 2.27. The maximum absolute atomic E-state index is 13.1. The molecule has 446 valence electrons. The monoisotopic (exact) mass is 1080 g/mol. The van der Waals surface area contributed by atoms with Crippen LogP contribution in [0.25, 0.3) is 0 Å². The number of aliphatic hydroxyl groups is 7. The van der Waals surface area contributed by atoms with Crippen molar-refractivity contribution < 1.29 is 73.8 Å². The van der Waals surface area contributed by atoms with E-state index in [1.807, 2.05) is 0 Å². The highest BCUT2D eigenvalue weighted by atomic mass is 16.7. The van der Waals surface area contributed by atoms with Crippen molar-refractivity contribution >= 4 is 11.9 Å². The normalized spacial score (nSPS) is 24.4. The molecule has 76 heavy (non-hydrogen) atoms. The molecule has 15 nitrogen and oxygen atoms in total. The van der Waals surface area contributed by atoms with E-state index < -0.39 is 92.7 Å². The molecule has 2 rings (SSSR count).